The molecule has 0 saturated carbocycles. The third kappa shape index (κ3) is 3.81. The van der Waals surface area contributed by atoms with Crippen LogP contribution in [0.25, 0.3) is 12.2 Å². The van der Waals surface area contributed by atoms with E-state index in [9.17, 15) is 4.79 Å². The highest BCUT2D eigenvalue weighted by Gasteiger charge is 2.21. The summed E-state index contributed by atoms with van der Waals surface area (Å²) in [5.41, 5.74) is 2.03. The van der Waals surface area contributed by atoms with Crippen molar-refractivity contribution < 1.29 is 14.3 Å². The lowest BCUT2D eigenvalue weighted by molar-refractivity contribution is -0.129. The molecule has 0 aliphatic carbocycles. The smallest absolute Gasteiger partial charge is 0.363 e. The molecule has 24 heavy (non-hydrogen) atoms. The van der Waals surface area contributed by atoms with Gasteiger partial charge in [0, 0.05) is 16.1 Å². The molecule has 0 N–H and O–H groups in total. The van der Waals surface area contributed by atoms with Crippen molar-refractivity contribution in [1.82, 2.24) is 0 Å². The van der Waals surface area contributed by atoms with E-state index in [1.54, 1.807) is 25.3 Å². The first-order valence-corrected chi connectivity index (χ1v) is 8.04. The van der Waals surface area contributed by atoms with Crippen LogP contribution in [0.3, 0.4) is 0 Å². The van der Waals surface area contributed by atoms with Gasteiger partial charge in [-0.15, -0.1) is 0 Å². The minimum absolute atomic E-state index is 0.259. The van der Waals surface area contributed by atoms with Crippen molar-refractivity contribution in [3.8, 4) is 5.75 Å². The van der Waals surface area contributed by atoms with Crippen LogP contribution in [0, 0.1) is 0 Å². The number of cyclic esters (lactones) is 1. The number of aliphatic imine (C=N–C) groups is 1. The molecule has 0 radical (unpaired) electrons. The number of benzene rings is 2. The Labute approximate surface area is 148 Å². The van der Waals surface area contributed by atoms with E-state index in [0.717, 1.165) is 21.3 Å². The average Bonchev–Trinajstić information content (AvgIpc) is 2.95. The van der Waals surface area contributed by atoms with Gasteiger partial charge in [-0.25, -0.2) is 9.79 Å². The summed E-state index contributed by atoms with van der Waals surface area (Å²) in [6, 6.07) is 15.2. The maximum absolute atomic E-state index is 11.9. The minimum Gasteiger partial charge on any atom is -0.496 e. The maximum Gasteiger partial charge on any atom is 0.363 e. The van der Waals surface area contributed by atoms with Gasteiger partial charge in [0.15, 0.2) is 5.70 Å². The van der Waals surface area contributed by atoms with Crippen LogP contribution in [0.15, 0.2) is 69.8 Å². The van der Waals surface area contributed by atoms with Crippen LogP contribution in [0.4, 0.5) is 0 Å². The number of ether oxygens (including phenoxy) is 2. The standard InChI is InChI=1S/C19H14BrNO3/c1-23-17-5-3-2-4-14(17)8-11-18-21-16(19(22)24-18)12-13-6-9-15(20)10-7-13/h2-12H,1H3/b11-8+,16-12?. The molecule has 0 unspecified atom stereocenters. The highest BCUT2D eigenvalue weighted by molar-refractivity contribution is 9.10. The minimum atomic E-state index is -0.461. The molecule has 0 amide bonds. The van der Waals surface area contributed by atoms with Crippen molar-refractivity contribution in [2.75, 3.05) is 7.11 Å². The molecule has 1 aliphatic rings. The van der Waals surface area contributed by atoms with Crippen molar-refractivity contribution in [3.63, 3.8) is 0 Å². The molecule has 0 fully saturated rings. The Morgan fingerprint density at radius 3 is 2.58 bits per heavy atom. The third-order valence-corrected chi connectivity index (χ3v) is 3.88. The van der Waals surface area contributed by atoms with Crippen LogP contribution < -0.4 is 4.74 Å². The van der Waals surface area contributed by atoms with E-state index in [4.69, 9.17) is 9.47 Å². The molecule has 120 valence electrons. The van der Waals surface area contributed by atoms with Crippen LogP contribution in [-0.2, 0) is 9.53 Å². The topological polar surface area (TPSA) is 47.9 Å². The van der Waals surface area contributed by atoms with Crippen LogP contribution in [0.1, 0.15) is 11.1 Å². The fourth-order valence-corrected chi connectivity index (χ4v) is 2.44. The molecule has 4 nitrogen and oxygen atoms in total. The van der Waals surface area contributed by atoms with Crippen LogP contribution in [0.5, 0.6) is 5.75 Å². The molecule has 0 spiro atoms. The molecule has 0 saturated heterocycles. The fourth-order valence-electron chi connectivity index (χ4n) is 2.18. The molecule has 0 atom stereocenters. The molecule has 2 aromatic carbocycles. The lowest BCUT2D eigenvalue weighted by Crippen LogP contribution is -2.01. The summed E-state index contributed by atoms with van der Waals surface area (Å²) >= 11 is 3.37. The first kappa shape index (κ1) is 16.2. The highest BCUT2D eigenvalue weighted by atomic mass is 79.9. The molecule has 3 rings (SSSR count). The molecular formula is C19H14BrNO3. The summed E-state index contributed by atoms with van der Waals surface area (Å²) < 4.78 is 11.4. The monoisotopic (exact) mass is 383 g/mol. The largest absolute Gasteiger partial charge is 0.496 e. The number of halogens is 1. The second-order valence-corrected chi connectivity index (χ2v) is 5.91. The zero-order chi connectivity index (χ0) is 16.9. The Bertz CT molecular complexity index is 851. The summed E-state index contributed by atoms with van der Waals surface area (Å²) in [5.74, 6) is 0.538. The van der Waals surface area contributed by atoms with Gasteiger partial charge in [0.25, 0.3) is 0 Å². The van der Waals surface area contributed by atoms with Crippen molar-refractivity contribution >= 4 is 39.9 Å². The second-order valence-electron chi connectivity index (χ2n) is 5.00. The van der Waals surface area contributed by atoms with Gasteiger partial charge in [0.1, 0.15) is 5.75 Å². The predicted molar refractivity (Wildman–Crippen MR) is 97.7 cm³/mol. The van der Waals surface area contributed by atoms with E-state index < -0.39 is 5.97 Å². The van der Waals surface area contributed by atoms with E-state index in [0.29, 0.717) is 0 Å². The van der Waals surface area contributed by atoms with Crippen molar-refractivity contribution in [2.45, 2.75) is 0 Å². The predicted octanol–water partition coefficient (Wildman–Crippen LogP) is 4.47. The van der Waals surface area contributed by atoms with E-state index in [1.165, 1.54) is 0 Å². The van der Waals surface area contributed by atoms with Gasteiger partial charge in [0.05, 0.1) is 7.11 Å². The van der Waals surface area contributed by atoms with Crippen molar-refractivity contribution in [2.24, 2.45) is 4.99 Å². The number of esters is 1. The van der Waals surface area contributed by atoms with E-state index in [2.05, 4.69) is 20.9 Å². The number of rotatable bonds is 4. The SMILES string of the molecule is COc1ccccc1/C=C/C1=NC(=Cc2ccc(Br)cc2)C(=O)O1. The van der Waals surface area contributed by atoms with E-state index >= 15 is 0 Å². The first-order chi connectivity index (χ1) is 11.7. The summed E-state index contributed by atoms with van der Waals surface area (Å²) in [5, 5.41) is 0. The zero-order valence-corrected chi connectivity index (χ0v) is 14.5. The summed E-state index contributed by atoms with van der Waals surface area (Å²) in [6.45, 7) is 0. The van der Waals surface area contributed by atoms with Crippen LogP contribution in [-0.4, -0.2) is 19.0 Å². The number of hydrogen-bond acceptors (Lipinski definition) is 4. The first-order valence-electron chi connectivity index (χ1n) is 7.25. The number of hydrogen-bond donors (Lipinski definition) is 0. The molecule has 1 aliphatic heterocycles. The van der Waals surface area contributed by atoms with E-state index in [-0.39, 0.29) is 11.6 Å². The molecule has 5 heteroatoms. The summed E-state index contributed by atoms with van der Waals surface area (Å²) in [7, 11) is 1.61. The van der Waals surface area contributed by atoms with Crippen molar-refractivity contribution in [3.05, 3.63) is 75.9 Å². The Hall–Kier alpha value is -2.66. The normalized spacial score (nSPS) is 15.7. The quantitative estimate of drug-likeness (QED) is 0.578. The van der Waals surface area contributed by atoms with Gasteiger partial charge in [-0.2, -0.15) is 0 Å². The zero-order valence-electron chi connectivity index (χ0n) is 12.9. The Morgan fingerprint density at radius 2 is 1.83 bits per heavy atom. The third-order valence-electron chi connectivity index (χ3n) is 3.35. The van der Waals surface area contributed by atoms with Gasteiger partial charge in [0.2, 0.25) is 5.90 Å². The van der Waals surface area contributed by atoms with E-state index in [1.807, 2.05) is 48.5 Å². The van der Waals surface area contributed by atoms with Gasteiger partial charge in [-0.05, 0) is 35.9 Å². The number of methoxy groups -OCH3 is 1. The van der Waals surface area contributed by atoms with Gasteiger partial charge >= 0.3 is 5.97 Å². The van der Waals surface area contributed by atoms with Gasteiger partial charge < -0.3 is 9.47 Å². The lowest BCUT2D eigenvalue weighted by atomic mass is 10.2. The molecule has 1 heterocycles. The summed E-state index contributed by atoms with van der Waals surface area (Å²) in [4.78, 5) is 16.1. The average molecular weight is 384 g/mol. The highest BCUT2D eigenvalue weighted by Crippen LogP contribution is 2.21. The molecule has 0 aromatic heterocycles. The van der Waals surface area contributed by atoms with Crippen molar-refractivity contribution in [1.29, 1.82) is 0 Å². The molecule has 0 bridgehead atoms. The fraction of sp³-hybridized carbons (Fsp3) is 0.0526. The Balaban J connectivity index is 1.81. The summed E-state index contributed by atoms with van der Waals surface area (Å²) in [6.07, 6.45) is 5.14. The molecule has 2 aromatic rings. The maximum atomic E-state index is 11.9. The van der Waals surface area contributed by atoms with Gasteiger partial charge in [-0.3, -0.25) is 0 Å². The number of nitrogens with zero attached hydrogens (tertiary/aromatic N) is 1. The number of carbonyl (C=O) groups is 1. The Morgan fingerprint density at radius 1 is 1.08 bits per heavy atom. The Kier molecular flexibility index (Phi) is 4.91. The van der Waals surface area contributed by atoms with Crippen LogP contribution in [0.2, 0.25) is 0 Å². The number of carbonyl (C=O) groups excluding carboxylic acids is 1. The second kappa shape index (κ2) is 7.27. The van der Waals surface area contributed by atoms with Gasteiger partial charge in [-0.1, -0.05) is 46.3 Å². The number of para-hydroxylation sites is 1. The molecular weight excluding hydrogens is 370 g/mol. The lowest BCUT2D eigenvalue weighted by Gasteiger charge is -2.02. The van der Waals surface area contributed by atoms with Crippen LogP contribution >= 0.6 is 15.9 Å².